The molecule has 0 bridgehead atoms. The van der Waals surface area contributed by atoms with Crippen LogP contribution in [0.1, 0.15) is 52.4 Å². The Morgan fingerprint density at radius 2 is 1.76 bits per heavy atom. The van der Waals surface area contributed by atoms with Gasteiger partial charge < -0.3 is 16.0 Å². The maximum absolute atomic E-state index is 11.8. The van der Waals surface area contributed by atoms with Crippen LogP contribution in [0.2, 0.25) is 0 Å². The average molecular weight is 320 g/mol. The van der Waals surface area contributed by atoms with Crippen molar-refractivity contribution in [2.75, 3.05) is 19.6 Å². The molecule has 0 aromatic heterocycles. The summed E-state index contributed by atoms with van der Waals surface area (Å²) in [6, 6.07) is 0.252. The van der Waals surface area contributed by atoms with Gasteiger partial charge in [0.15, 0.2) is 0 Å². The monoisotopic (exact) mass is 319 g/mol. The fourth-order valence-electron chi connectivity index (χ4n) is 2.65. The lowest BCUT2D eigenvalue weighted by Crippen LogP contribution is -2.43. The van der Waals surface area contributed by atoms with Gasteiger partial charge in [-0.05, 0) is 32.2 Å². The van der Waals surface area contributed by atoms with Crippen LogP contribution in [-0.2, 0) is 9.59 Å². The molecule has 0 aromatic carbocycles. The van der Waals surface area contributed by atoms with Crippen LogP contribution in [0.5, 0.6) is 0 Å². The second kappa shape index (κ2) is 11.8. The highest BCUT2D eigenvalue weighted by Crippen LogP contribution is 2.25. The second-order valence-corrected chi connectivity index (χ2v) is 5.75. The van der Waals surface area contributed by atoms with E-state index in [4.69, 9.17) is 0 Å². The highest BCUT2D eigenvalue weighted by atomic mass is 35.5. The van der Waals surface area contributed by atoms with E-state index >= 15 is 0 Å². The Morgan fingerprint density at radius 3 is 2.38 bits per heavy atom. The highest BCUT2D eigenvalue weighted by molar-refractivity contribution is 5.85. The van der Waals surface area contributed by atoms with Crippen LogP contribution < -0.4 is 16.0 Å². The third kappa shape index (κ3) is 9.69. The first-order chi connectivity index (χ1) is 9.61. The molecule has 0 aromatic rings. The third-order valence-electron chi connectivity index (χ3n) is 3.80. The molecule has 0 spiro atoms. The Hall–Kier alpha value is -0.810. The van der Waals surface area contributed by atoms with Crippen LogP contribution in [0.4, 0.5) is 0 Å². The fraction of sp³-hybridized carbons (Fsp3) is 0.867. The molecule has 0 unspecified atom stereocenters. The van der Waals surface area contributed by atoms with Gasteiger partial charge in [-0.2, -0.15) is 0 Å². The van der Waals surface area contributed by atoms with Crippen LogP contribution in [0.15, 0.2) is 0 Å². The maximum Gasteiger partial charge on any atom is 0.239 e. The van der Waals surface area contributed by atoms with Gasteiger partial charge in [-0.15, -0.1) is 12.4 Å². The van der Waals surface area contributed by atoms with E-state index in [9.17, 15) is 9.59 Å². The van der Waals surface area contributed by atoms with Crippen LogP contribution in [0, 0.1) is 5.92 Å². The zero-order chi connectivity index (χ0) is 14.8. The van der Waals surface area contributed by atoms with E-state index in [0.29, 0.717) is 18.9 Å². The van der Waals surface area contributed by atoms with Crippen LogP contribution in [-0.4, -0.2) is 37.5 Å². The average Bonchev–Trinajstić information content (AvgIpc) is 2.44. The first kappa shape index (κ1) is 20.2. The van der Waals surface area contributed by atoms with Gasteiger partial charge in [-0.25, -0.2) is 0 Å². The first-order valence-corrected chi connectivity index (χ1v) is 7.88. The summed E-state index contributed by atoms with van der Waals surface area (Å²) in [5.74, 6) is 0.402. The van der Waals surface area contributed by atoms with Crippen LogP contribution in [0.3, 0.4) is 0 Å². The largest absolute Gasteiger partial charge is 0.353 e. The molecule has 0 radical (unpaired) electrons. The Balaban J connectivity index is 0.00000400. The van der Waals surface area contributed by atoms with Gasteiger partial charge in [0, 0.05) is 19.0 Å². The normalized spacial score (nSPS) is 16.7. The molecule has 6 heteroatoms. The molecule has 1 fully saturated rings. The summed E-state index contributed by atoms with van der Waals surface area (Å²) in [6.07, 6.45) is 6.65. The van der Waals surface area contributed by atoms with Gasteiger partial charge >= 0.3 is 0 Å². The number of rotatable bonds is 8. The van der Waals surface area contributed by atoms with Crippen molar-refractivity contribution in [3.8, 4) is 0 Å². The summed E-state index contributed by atoms with van der Waals surface area (Å²) < 4.78 is 0. The number of hydrogen-bond acceptors (Lipinski definition) is 3. The molecule has 2 amide bonds. The Bertz CT molecular complexity index is 307. The molecule has 1 aliphatic carbocycles. The van der Waals surface area contributed by atoms with Crippen molar-refractivity contribution >= 4 is 24.2 Å². The van der Waals surface area contributed by atoms with Crippen molar-refractivity contribution in [2.24, 2.45) is 5.92 Å². The summed E-state index contributed by atoms with van der Waals surface area (Å²) in [5.41, 5.74) is 0. The first-order valence-electron chi connectivity index (χ1n) is 7.88. The molecule has 1 atom stereocenters. The van der Waals surface area contributed by atoms with Crippen molar-refractivity contribution in [1.82, 2.24) is 16.0 Å². The summed E-state index contributed by atoms with van der Waals surface area (Å²) in [5, 5.41) is 8.74. The molecular formula is C15H30ClN3O2. The SMILES string of the molecule is CCN[C@H](C)CNC(=O)CNC(=O)CC1CCCCC1.Cl. The predicted octanol–water partition coefficient (Wildman–Crippen LogP) is 1.61. The molecule has 1 saturated carbocycles. The minimum absolute atomic E-state index is 0. The zero-order valence-electron chi connectivity index (χ0n) is 13.2. The second-order valence-electron chi connectivity index (χ2n) is 5.75. The fourth-order valence-corrected chi connectivity index (χ4v) is 2.65. The topological polar surface area (TPSA) is 70.2 Å². The number of amides is 2. The number of hydrogen-bond donors (Lipinski definition) is 3. The summed E-state index contributed by atoms with van der Waals surface area (Å²) in [4.78, 5) is 23.3. The number of likely N-dealkylation sites (N-methyl/N-ethyl adjacent to an activating group) is 1. The Labute approximate surface area is 134 Å². The van der Waals surface area contributed by atoms with Gasteiger partial charge in [0.1, 0.15) is 0 Å². The van der Waals surface area contributed by atoms with Gasteiger partial charge in [0.2, 0.25) is 11.8 Å². The quantitative estimate of drug-likeness (QED) is 0.636. The summed E-state index contributed by atoms with van der Waals surface area (Å²) in [6.45, 7) is 5.61. The standard InChI is InChI=1S/C15H29N3O2.ClH/c1-3-16-12(2)10-17-15(20)11-18-14(19)9-13-7-5-4-6-8-13;/h12-13,16H,3-11H2,1-2H3,(H,17,20)(H,18,19);1H/t12-;/m1./s1. The maximum atomic E-state index is 11.8. The van der Waals surface area contributed by atoms with Crippen molar-refractivity contribution in [1.29, 1.82) is 0 Å². The lowest BCUT2D eigenvalue weighted by molar-refractivity contribution is -0.126. The van der Waals surface area contributed by atoms with E-state index in [1.54, 1.807) is 0 Å². The number of carbonyl (C=O) groups excluding carboxylic acids is 2. The van der Waals surface area contributed by atoms with Crippen molar-refractivity contribution in [3.05, 3.63) is 0 Å². The smallest absolute Gasteiger partial charge is 0.239 e. The molecule has 0 saturated heterocycles. The number of nitrogens with one attached hydrogen (secondary N) is 3. The molecular weight excluding hydrogens is 290 g/mol. The van der Waals surface area contributed by atoms with Crippen molar-refractivity contribution in [2.45, 2.75) is 58.4 Å². The van der Waals surface area contributed by atoms with Gasteiger partial charge in [-0.1, -0.05) is 26.2 Å². The van der Waals surface area contributed by atoms with E-state index in [1.807, 2.05) is 13.8 Å². The summed E-state index contributed by atoms with van der Waals surface area (Å²) >= 11 is 0. The third-order valence-corrected chi connectivity index (χ3v) is 3.80. The molecule has 21 heavy (non-hydrogen) atoms. The Morgan fingerprint density at radius 1 is 1.10 bits per heavy atom. The lowest BCUT2D eigenvalue weighted by Gasteiger charge is -2.20. The zero-order valence-corrected chi connectivity index (χ0v) is 14.1. The molecule has 0 aliphatic heterocycles. The Kier molecular flexibility index (Phi) is 11.4. The van der Waals surface area contributed by atoms with Gasteiger partial charge in [0.05, 0.1) is 6.54 Å². The lowest BCUT2D eigenvalue weighted by atomic mass is 9.87. The molecule has 1 rings (SSSR count). The van der Waals surface area contributed by atoms with E-state index in [-0.39, 0.29) is 36.8 Å². The molecule has 5 nitrogen and oxygen atoms in total. The predicted molar refractivity (Wildman–Crippen MR) is 87.6 cm³/mol. The molecule has 1 aliphatic rings. The molecule has 3 N–H and O–H groups in total. The van der Waals surface area contributed by atoms with Gasteiger partial charge in [0.25, 0.3) is 0 Å². The van der Waals surface area contributed by atoms with Crippen molar-refractivity contribution in [3.63, 3.8) is 0 Å². The number of carbonyl (C=O) groups is 2. The number of halogens is 1. The minimum atomic E-state index is -0.119. The highest BCUT2D eigenvalue weighted by Gasteiger charge is 2.17. The van der Waals surface area contributed by atoms with Crippen LogP contribution in [0.25, 0.3) is 0 Å². The van der Waals surface area contributed by atoms with E-state index in [0.717, 1.165) is 19.4 Å². The molecule has 124 valence electrons. The van der Waals surface area contributed by atoms with Gasteiger partial charge in [-0.3, -0.25) is 9.59 Å². The van der Waals surface area contributed by atoms with Crippen molar-refractivity contribution < 1.29 is 9.59 Å². The van der Waals surface area contributed by atoms with E-state index in [1.165, 1.54) is 19.3 Å². The van der Waals surface area contributed by atoms with Crippen LogP contribution >= 0.6 is 12.4 Å². The van der Waals surface area contributed by atoms with E-state index in [2.05, 4.69) is 16.0 Å². The molecule has 0 heterocycles. The summed E-state index contributed by atoms with van der Waals surface area (Å²) in [7, 11) is 0. The minimum Gasteiger partial charge on any atom is -0.353 e. The van der Waals surface area contributed by atoms with E-state index < -0.39 is 0 Å².